The summed E-state index contributed by atoms with van der Waals surface area (Å²) in [6.07, 6.45) is 0.877. The molecular formula is C8H14N2OS. The van der Waals surface area contributed by atoms with Gasteiger partial charge in [-0.25, -0.2) is 0 Å². The Kier molecular flexibility index (Phi) is 6.75. The van der Waals surface area contributed by atoms with Crippen molar-refractivity contribution in [2.45, 2.75) is 13.3 Å². The molecule has 0 aliphatic heterocycles. The summed E-state index contributed by atoms with van der Waals surface area (Å²) in [4.78, 5) is 4.28. The number of aromatic nitrogens is 1. The molecule has 4 heteroatoms. The Bertz CT molecular complexity index is 218. The van der Waals surface area contributed by atoms with Crippen molar-refractivity contribution >= 4 is 12.9 Å². The van der Waals surface area contributed by atoms with Crippen LogP contribution >= 0.6 is 12.9 Å². The first kappa shape index (κ1) is 11.4. The lowest BCUT2D eigenvalue weighted by atomic mass is 10.2. The van der Waals surface area contributed by atoms with Gasteiger partial charge in [0.05, 0.1) is 0 Å². The molecule has 0 aliphatic rings. The second-order valence-corrected chi connectivity index (χ2v) is 2.31. The molecule has 0 atom stereocenters. The number of rotatable bonds is 2. The van der Waals surface area contributed by atoms with Crippen molar-refractivity contribution in [2.75, 3.05) is 6.54 Å². The Morgan fingerprint density at radius 3 is 2.67 bits per heavy atom. The van der Waals surface area contributed by atoms with Crippen molar-refractivity contribution in [3.05, 3.63) is 29.6 Å². The molecular weight excluding hydrogens is 172 g/mol. The Labute approximate surface area is 78.2 Å². The smallest absolute Gasteiger partial charge is 0.0419 e. The van der Waals surface area contributed by atoms with Gasteiger partial charge in [0.25, 0.3) is 0 Å². The monoisotopic (exact) mass is 186 g/mol. The summed E-state index contributed by atoms with van der Waals surface area (Å²) >= 11 is 2.53. The van der Waals surface area contributed by atoms with E-state index in [2.05, 4.69) is 17.9 Å². The molecule has 0 amide bonds. The summed E-state index contributed by atoms with van der Waals surface area (Å²) in [5, 5.41) is 0. The van der Waals surface area contributed by atoms with Gasteiger partial charge in [0.15, 0.2) is 0 Å². The number of pyridine rings is 1. The van der Waals surface area contributed by atoms with E-state index < -0.39 is 0 Å². The first-order valence-corrected chi connectivity index (χ1v) is 4.05. The molecule has 68 valence electrons. The van der Waals surface area contributed by atoms with Gasteiger partial charge in [0.2, 0.25) is 0 Å². The van der Waals surface area contributed by atoms with Crippen LogP contribution in [0.25, 0.3) is 0 Å². The van der Waals surface area contributed by atoms with Gasteiger partial charge in [-0.05, 0) is 38.5 Å². The number of nitrogens with two attached hydrogens (primary N) is 1. The molecule has 3 nitrogen and oxygen atoms in total. The van der Waals surface area contributed by atoms with Crippen molar-refractivity contribution in [1.29, 1.82) is 0 Å². The third-order valence-corrected chi connectivity index (χ3v) is 1.35. The van der Waals surface area contributed by atoms with Gasteiger partial charge in [-0.2, -0.15) is 0 Å². The molecule has 1 heterocycles. The van der Waals surface area contributed by atoms with Crippen LogP contribution in [-0.4, -0.2) is 16.1 Å². The highest BCUT2D eigenvalue weighted by Gasteiger charge is 1.90. The van der Waals surface area contributed by atoms with E-state index >= 15 is 0 Å². The van der Waals surface area contributed by atoms with Gasteiger partial charge in [0.1, 0.15) is 0 Å². The SMILES string of the molecule is Cc1cccc(CCN)n1.OS. The minimum atomic E-state index is 0.677. The quantitative estimate of drug-likeness (QED) is 0.481. The molecule has 0 radical (unpaired) electrons. The topological polar surface area (TPSA) is 59.1 Å². The number of hydrogen-bond acceptors (Lipinski definition) is 4. The molecule has 0 aliphatic carbocycles. The predicted molar refractivity (Wildman–Crippen MR) is 53.3 cm³/mol. The molecule has 0 saturated heterocycles. The van der Waals surface area contributed by atoms with E-state index in [1.54, 1.807) is 0 Å². The molecule has 1 rings (SSSR count). The van der Waals surface area contributed by atoms with E-state index in [0.29, 0.717) is 6.54 Å². The van der Waals surface area contributed by atoms with E-state index in [9.17, 15) is 0 Å². The van der Waals surface area contributed by atoms with Crippen LogP contribution in [0.15, 0.2) is 18.2 Å². The molecule has 0 aromatic carbocycles. The van der Waals surface area contributed by atoms with Gasteiger partial charge in [-0.15, -0.1) is 0 Å². The van der Waals surface area contributed by atoms with Crippen LogP contribution in [0.2, 0.25) is 0 Å². The van der Waals surface area contributed by atoms with Crippen LogP contribution in [0.5, 0.6) is 0 Å². The minimum Gasteiger partial charge on any atom is -0.333 e. The lowest BCUT2D eigenvalue weighted by Crippen LogP contribution is -2.04. The lowest BCUT2D eigenvalue weighted by molar-refractivity contribution is 0.679. The second kappa shape index (κ2) is 7.09. The zero-order valence-electron chi connectivity index (χ0n) is 7.07. The third-order valence-electron chi connectivity index (χ3n) is 1.35. The molecule has 0 bridgehead atoms. The van der Waals surface area contributed by atoms with E-state index in [0.717, 1.165) is 17.8 Å². The Morgan fingerprint density at radius 2 is 2.17 bits per heavy atom. The zero-order chi connectivity index (χ0) is 9.40. The van der Waals surface area contributed by atoms with Crippen molar-refractivity contribution in [3.63, 3.8) is 0 Å². The van der Waals surface area contributed by atoms with E-state index in [1.807, 2.05) is 25.1 Å². The highest BCUT2D eigenvalue weighted by atomic mass is 32.1. The van der Waals surface area contributed by atoms with Crippen molar-refractivity contribution in [3.8, 4) is 0 Å². The fourth-order valence-electron chi connectivity index (χ4n) is 0.887. The summed E-state index contributed by atoms with van der Waals surface area (Å²) in [6, 6.07) is 5.99. The average Bonchev–Trinajstić information content (AvgIpc) is 2.09. The maximum atomic E-state index is 6.69. The van der Waals surface area contributed by atoms with Crippen LogP contribution in [0.4, 0.5) is 0 Å². The summed E-state index contributed by atoms with van der Waals surface area (Å²) in [7, 11) is 0. The number of nitrogens with zero attached hydrogens (tertiary/aromatic N) is 1. The highest BCUT2D eigenvalue weighted by Crippen LogP contribution is 1.97. The maximum absolute atomic E-state index is 6.69. The molecule has 1 aromatic rings. The maximum Gasteiger partial charge on any atom is 0.0419 e. The van der Waals surface area contributed by atoms with Crippen molar-refractivity contribution in [2.24, 2.45) is 5.73 Å². The summed E-state index contributed by atoms with van der Waals surface area (Å²) in [5.74, 6) is 0. The molecule has 3 N–H and O–H groups in total. The molecule has 0 spiro atoms. The average molecular weight is 186 g/mol. The van der Waals surface area contributed by atoms with Gasteiger partial charge in [-0.3, -0.25) is 4.98 Å². The van der Waals surface area contributed by atoms with Crippen LogP contribution in [0.1, 0.15) is 11.4 Å². The summed E-state index contributed by atoms with van der Waals surface area (Å²) < 4.78 is 6.69. The molecule has 12 heavy (non-hydrogen) atoms. The van der Waals surface area contributed by atoms with Crippen molar-refractivity contribution < 1.29 is 4.55 Å². The standard InChI is InChI=1S/C8H12N2.H2OS/c1-7-3-2-4-8(10-7)5-6-9;1-2/h2-4H,5-6,9H2,1H3;1-2H. The first-order valence-electron chi connectivity index (χ1n) is 3.65. The highest BCUT2D eigenvalue weighted by molar-refractivity contribution is 7.74. The number of thiol groups is 1. The Hall–Kier alpha value is -0.580. The lowest BCUT2D eigenvalue weighted by Gasteiger charge is -1.97. The molecule has 0 saturated carbocycles. The largest absolute Gasteiger partial charge is 0.333 e. The van der Waals surface area contributed by atoms with Crippen LogP contribution in [0, 0.1) is 6.92 Å². The van der Waals surface area contributed by atoms with E-state index in [1.165, 1.54) is 0 Å². The predicted octanol–water partition coefficient (Wildman–Crippen LogP) is 1.28. The van der Waals surface area contributed by atoms with E-state index in [-0.39, 0.29) is 0 Å². The minimum absolute atomic E-state index is 0.677. The van der Waals surface area contributed by atoms with Crippen LogP contribution in [-0.2, 0) is 6.42 Å². The summed E-state index contributed by atoms with van der Waals surface area (Å²) in [5.41, 5.74) is 7.52. The van der Waals surface area contributed by atoms with Gasteiger partial charge in [0, 0.05) is 17.8 Å². The molecule has 1 aromatic heterocycles. The van der Waals surface area contributed by atoms with Crippen molar-refractivity contribution in [1.82, 2.24) is 4.98 Å². The van der Waals surface area contributed by atoms with E-state index in [4.69, 9.17) is 10.3 Å². The first-order chi connectivity index (χ1) is 5.83. The molecule has 0 unspecified atom stereocenters. The third kappa shape index (κ3) is 4.33. The fourth-order valence-corrected chi connectivity index (χ4v) is 0.887. The number of hydrogen-bond donors (Lipinski definition) is 3. The zero-order valence-corrected chi connectivity index (χ0v) is 7.96. The normalized spacial score (nSPS) is 8.67. The van der Waals surface area contributed by atoms with Gasteiger partial charge in [-0.1, -0.05) is 6.07 Å². The van der Waals surface area contributed by atoms with Gasteiger partial charge < -0.3 is 10.3 Å². The second-order valence-electron chi connectivity index (χ2n) is 2.31. The number of aryl methyl sites for hydroxylation is 1. The van der Waals surface area contributed by atoms with Gasteiger partial charge >= 0.3 is 0 Å². The Balaban J connectivity index is 0.000000561. The summed E-state index contributed by atoms with van der Waals surface area (Å²) in [6.45, 7) is 2.66. The molecule has 0 fully saturated rings. The van der Waals surface area contributed by atoms with Crippen LogP contribution < -0.4 is 5.73 Å². The fraction of sp³-hybridized carbons (Fsp3) is 0.375. The Morgan fingerprint density at radius 1 is 1.50 bits per heavy atom. The van der Waals surface area contributed by atoms with Crippen LogP contribution in [0.3, 0.4) is 0 Å².